The molecule has 0 aromatic heterocycles. The summed E-state index contributed by atoms with van der Waals surface area (Å²) >= 11 is 0. The highest BCUT2D eigenvalue weighted by Crippen LogP contribution is 2.39. The lowest BCUT2D eigenvalue weighted by atomic mass is 9.95. The molecule has 2 unspecified atom stereocenters. The molecule has 2 rings (SSSR count). The number of carboxylic acid groups (broad SMARTS) is 1. The van der Waals surface area contributed by atoms with E-state index in [9.17, 15) is 9.59 Å². The summed E-state index contributed by atoms with van der Waals surface area (Å²) in [6.07, 6.45) is 2.56. The Morgan fingerprint density at radius 2 is 2.00 bits per heavy atom. The molecule has 5 nitrogen and oxygen atoms in total. The molecular formula is C11H18N2O3. The minimum Gasteiger partial charge on any atom is -0.481 e. The molecule has 5 heteroatoms. The molecule has 1 aliphatic heterocycles. The van der Waals surface area contributed by atoms with Crippen molar-refractivity contribution in [1.29, 1.82) is 0 Å². The number of amides is 1. The van der Waals surface area contributed by atoms with Gasteiger partial charge in [-0.3, -0.25) is 9.59 Å². The number of rotatable bonds is 3. The van der Waals surface area contributed by atoms with Gasteiger partial charge in [-0.2, -0.15) is 0 Å². The van der Waals surface area contributed by atoms with Crippen molar-refractivity contribution in [3.05, 3.63) is 0 Å². The van der Waals surface area contributed by atoms with Gasteiger partial charge in [-0.25, -0.2) is 0 Å². The van der Waals surface area contributed by atoms with Crippen LogP contribution in [0.3, 0.4) is 0 Å². The number of aliphatic carboxylic acids is 1. The van der Waals surface area contributed by atoms with Crippen molar-refractivity contribution in [3.63, 3.8) is 0 Å². The Balaban J connectivity index is 1.98. The van der Waals surface area contributed by atoms with Crippen LogP contribution in [0.2, 0.25) is 0 Å². The number of carbonyl (C=O) groups excluding carboxylic acids is 1. The molecule has 2 atom stereocenters. The molecular weight excluding hydrogens is 208 g/mol. The first-order valence-electron chi connectivity index (χ1n) is 5.74. The van der Waals surface area contributed by atoms with Crippen molar-refractivity contribution in [2.75, 3.05) is 13.1 Å². The molecule has 16 heavy (non-hydrogen) atoms. The Hall–Kier alpha value is -1.10. The van der Waals surface area contributed by atoms with Gasteiger partial charge in [0.15, 0.2) is 0 Å². The zero-order chi connectivity index (χ0) is 11.9. The number of carboxylic acids is 1. The zero-order valence-corrected chi connectivity index (χ0v) is 9.48. The number of carbonyl (C=O) groups is 2. The van der Waals surface area contributed by atoms with Crippen molar-refractivity contribution in [2.45, 2.75) is 31.7 Å². The lowest BCUT2D eigenvalue weighted by molar-refractivity contribution is -0.142. The van der Waals surface area contributed by atoms with Crippen molar-refractivity contribution in [1.82, 2.24) is 4.90 Å². The van der Waals surface area contributed by atoms with Gasteiger partial charge in [0.25, 0.3) is 0 Å². The van der Waals surface area contributed by atoms with Crippen LogP contribution in [0.25, 0.3) is 0 Å². The van der Waals surface area contributed by atoms with Crippen LogP contribution in [0.15, 0.2) is 0 Å². The minimum atomic E-state index is -0.819. The second-order valence-electron chi connectivity index (χ2n) is 5.13. The quantitative estimate of drug-likeness (QED) is 0.712. The van der Waals surface area contributed by atoms with E-state index < -0.39 is 17.4 Å². The van der Waals surface area contributed by atoms with Crippen molar-refractivity contribution in [2.24, 2.45) is 17.6 Å². The Morgan fingerprint density at radius 3 is 2.44 bits per heavy atom. The van der Waals surface area contributed by atoms with E-state index in [1.807, 2.05) is 0 Å². The molecule has 0 aromatic carbocycles. The molecule has 0 bridgehead atoms. The van der Waals surface area contributed by atoms with Crippen molar-refractivity contribution in [3.8, 4) is 0 Å². The predicted octanol–water partition coefficient (Wildman–Crippen LogP) is 0.0469. The van der Waals surface area contributed by atoms with Gasteiger partial charge in [-0.05, 0) is 32.1 Å². The lowest BCUT2D eigenvalue weighted by Gasteiger charge is -2.29. The molecule has 1 aliphatic carbocycles. The Labute approximate surface area is 94.6 Å². The van der Waals surface area contributed by atoms with Gasteiger partial charge in [-0.1, -0.05) is 0 Å². The van der Waals surface area contributed by atoms with Gasteiger partial charge in [0.1, 0.15) is 0 Å². The molecule has 0 spiro atoms. The van der Waals surface area contributed by atoms with E-state index in [2.05, 4.69) is 0 Å². The number of hydrogen-bond acceptors (Lipinski definition) is 3. The van der Waals surface area contributed by atoms with Gasteiger partial charge in [-0.15, -0.1) is 0 Å². The smallest absolute Gasteiger partial charge is 0.308 e. The van der Waals surface area contributed by atoms with E-state index in [0.29, 0.717) is 19.5 Å². The first-order chi connectivity index (χ1) is 7.43. The number of nitrogens with zero attached hydrogens (tertiary/aromatic N) is 1. The molecule has 2 fully saturated rings. The molecule has 3 N–H and O–H groups in total. The highest BCUT2D eigenvalue weighted by Gasteiger charge is 2.47. The third-order valence-electron chi connectivity index (χ3n) is 3.71. The van der Waals surface area contributed by atoms with Gasteiger partial charge >= 0.3 is 5.97 Å². The van der Waals surface area contributed by atoms with E-state index in [0.717, 1.165) is 12.8 Å². The first kappa shape index (κ1) is 11.4. The topological polar surface area (TPSA) is 83.6 Å². The summed E-state index contributed by atoms with van der Waals surface area (Å²) in [6, 6.07) is 0. The zero-order valence-electron chi connectivity index (χ0n) is 9.48. The highest BCUT2D eigenvalue weighted by atomic mass is 16.4. The van der Waals surface area contributed by atoms with E-state index in [1.165, 1.54) is 0 Å². The molecule has 1 saturated heterocycles. The van der Waals surface area contributed by atoms with E-state index in [1.54, 1.807) is 11.8 Å². The second kappa shape index (κ2) is 3.73. The van der Waals surface area contributed by atoms with Crippen molar-refractivity contribution < 1.29 is 14.7 Å². The molecule has 0 aromatic rings. The fraction of sp³-hybridized carbons (Fsp3) is 0.818. The third-order valence-corrected chi connectivity index (χ3v) is 3.71. The largest absolute Gasteiger partial charge is 0.481 e. The summed E-state index contributed by atoms with van der Waals surface area (Å²) in [6.45, 7) is 2.60. The third kappa shape index (κ3) is 1.91. The van der Waals surface area contributed by atoms with Gasteiger partial charge in [0.2, 0.25) is 5.91 Å². The summed E-state index contributed by atoms with van der Waals surface area (Å²) in [4.78, 5) is 24.5. The van der Waals surface area contributed by atoms with E-state index in [-0.39, 0.29) is 11.8 Å². The van der Waals surface area contributed by atoms with Gasteiger partial charge in [0, 0.05) is 13.1 Å². The van der Waals surface area contributed by atoms with Gasteiger partial charge < -0.3 is 15.7 Å². The Morgan fingerprint density at radius 1 is 1.38 bits per heavy atom. The van der Waals surface area contributed by atoms with Crippen molar-refractivity contribution >= 4 is 11.9 Å². The summed E-state index contributed by atoms with van der Waals surface area (Å²) in [5.74, 6) is -1.04. The summed E-state index contributed by atoms with van der Waals surface area (Å²) in [5.41, 5.74) is 5.23. The average molecular weight is 226 g/mol. The Bertz CT molecular complexity index is 323. The fourth-order valence-electron chi connectivity index (χ4n) is 2.34. The first-order valence-corrected chi connectivity index (χ1v) is 5.74. The summed E-state index contributed by atoms with van der Waals surface area (Å²) in [5, 5.41) is 8.87. The average Bonchev–Trinajstić information content (AvgIpc) is 2.95. The SMILES string of the molecule is CC(N)(C(=O)N1CCC(C(=O)O)C1)C1CC1. The second-order valence-corrected chi connectivity index (χ2v) is 5.13. The van der Waals surface area contributed by atoms with Crippen LogP contribution in [0.5, 0.6) is 0 Å². The lowest BCUT2D eigenvalue weighted by Crippen LogP contribution is -2.54. The Kier molecular flexibility index (Phi) is 2.66. The highest BCUT2D eigenvalue weighted by molar-refractivity contribution is 5.87. The molecule has 1 amide bonds. The van der Waals surface area contributed by atoms with Crippen LogP contribution in [0, 0.1) is 11.8 Å². The molecule has 1 saturated carbocycles. The molecule has 90 valence electrons. The number of nitrogens with two attached hydrogens (primary N) is 1. The normalized spacial score (nSPS) is 28.9. The maximum Gasteiger partial charge on any atom is 0.308 e. The van der Waals surface area contributed by atoms with Crippen LogP contribution < -0.4 is 5.73 Å². The van der Waals surface area contributed by atoms with Crippen LogP contribution in [-0.2, 0) is 9.59 Å². The number of hydrogen-bond donors (Lipinski definition) is 2. The monoisotopic (exact) mass is 226 g/mol. The van der Waals surface area contributed by atoms with E-state index >= 15 is 0 Å². The predicted molar refractivity (Wildman–Crippen MR) is 57.6 cm³/mol. The van der Waals surface area contributed by atoms with Crippen LogP contribution >= 0.6 is 0 Å². The maximum absolute atomic E-state index is 12.1. The van der Waals surface area contributed by atoms with Crippen LogP contribution in [0.4, 0.5) is 0 Å². The standard InChI is InChI=1S/C11H18N2O3/c1-11(12,8-2-3-8)10(16)13-5-4-7(6-13)9(14)15/h7-8H,2-6,12H2,1H3,(H,14,15). The van der Waals surface area contributed by atoms with Gasteiger partial charge in [0.05, 0.1) is 11.5 Å². The summed E-state index contributed by atoms with van der Waals surface area (Å²) < 4.78 is 0. The fourth-order valence-corrected chi connectivity index (χ4v) is 2.34. The number of likely N-dealkylation sites (tertiary alicyclic amines) is 1. The van der Waals surface area contributed by atoms with E-state index in [4.69, 9.17) is 10.8 Å². The molecule has 2 aliphatic rings. The van der Waals surface area contributed by atoms with Crippen LogP contribution in [-0.4, -0.2) is 40.5 Å². The molecule has 1 heterocycles. The molecule has 0 radical (unpaired) electrons. The minimum absolute atomic E-state index is 0.0845. The van der Waals surface area contributed by atoms with Crippen LogP contribution in [0.1, 0.15) is 26.2 Å². The summed E-state index contributed by atoms with van der Waals surface area (Å²) in [7, 11) is 0. The maximum atomic E-state index is 12.1.